The van der Waals surface area contributed by atoms with E-state index in [0.29, 0.717) is 0 Å². The molecule has 0 saturated carbocycles. The van der Waals surface area contributed by atoms with Gasteiger partial charge in [-0.1, -0.05) is 164 Å². The molecule has 0 bridgehead atoms. The summed E-state index contributed by atoms with van der Waals surface area (Å²) in [6, 6.07) is 66.2. The van der Waals surface area contributed by atoms with E-state index >= 15 is 0 Å². The molecule has 1 aliphatic rings. The molecule has 0 atom stereocenters. The number of nitrogens with zero attached hydrogens (tertiary/aromatic N) is 2. The first-order chi connectivity index (χ1) is 28.3. The van der Waals surface area contributed by atoms with Gasteiger partial charge >= 0.3 is 0 Å². The highest BCUT2D eigenvalue weighted by Crippen LogP contribution is 2.44. The molecule has 3 nitrogen and oxygen atoms in total. The first-order valence-corrected chi connectivity index (χ1v) is 19.6. The first-order valence-electron chi connectivity index (χ1n) is 19.6. The number of hydrogen-bond donors (Lipinski definition) is 1. The molecule has 3 heteroatoms. The van der Waals surface area contributed by atoms with E-state index in [4.69, 9.17) is 4.98 Å². The van der Waals surface area contributed by atoms with Crippen molar-refractivity contribution >= 4 is 49.0 Å². The molecule has 268 valence electrons. The number of aromatic nitrogens is 2. The van der Waals surface area contributed by atoms with Gasteiger partial charge in [-0.2, -0.15) is 0 Å². The van der Waals surface area contributed by atoms with Crippen molar-refractivity contribution in [2.24, 2.45) is 0 Å². The Morgan fingerprint density at radius 1 is 0.421 bits per heavy atom. The molecule has 1 aliphatic heterocycles. The van der Waals surface area contributed by atoms with Gasteiger partial charge in [0.05, 0.1) is 28.6 Å². The van der Waals surface area contributed by atoms with Crippen molar-refractivity contribution in [3.8, 4) is 50.2 Å². The number of hydrogen-bond acceptors (Lipinski definition) is 2. The summed E-state index contributed by atoms with van der Waals surface area (Å²) in [6.45, 7) is 0.802. The molecule has 0 spiro atoms. The van der Waals surface area contributed by atoms with Crippen LogP contribution >= 0.6 is 0 Å². The second-order valence-electron chi connectivity index (χ2n) is 14.7. The molecule has 1 N–H and O–H groups in total. The monoisotopic (exact) mass is 727 g/mol. The summed E-state index contributed by atoms with van der Waals surface area (Å²) >= 11 is 0. The molecule has 2 aromatic heterocycles. The fraction of sp³-hybridized carbons (Fsp3) is 0.0185. The van der Waals surface area contributed by atoms with Gasteiger partial charge in [-0.05, 0) is 102 Å². The fourth-order valence-corrected chi connectivity index (χ4v) is 8.78. The summed E-state index contributed by atoms with van der Waals surface area (Å²) in [5.41, 5.74) is 15.1. The Hall–Kier alpha value is -7.49. The van der Waals surface area contributed by atoms with E-state index in [0.717, 1.165) is 34.7 Å². The van der Waals surface area contributed by atoms with Gasteiger partial charge in [0.15, 0.2) is 0 Å². The van der Waals surface area contributed by atoms with Crippen molar-refractivity contribution < 1.29 is 0 Å². The summed E-state index contributed by atoms with van der Waals surface area (Å²) in [7, 11) is 0. The minimum atomic E-state index is 0.802. The highest BCUT2D eigenvalue weighted by molar-refractivity contribution is 6.21. The van der Waals surface area contributed by atoms with E-state index in [1.807, 2.05) is 6.20 Å². The number of para-hydroxylation sites is 1. The Kier molecular flexibility index (Phi) is 7.89. The maximum absolute atomic E-state index is 4.93. The molecule has 0 saturated heterocycles. The van der Waals surface area contributed by atoms with E-state index in [9.17, 15) is 0 Å². The third-order valence-electron chi connectivity index (χ3n) is 11.5. The van der Waals surface area contributed by atoms with Gasteiger partial charge in [-0.25, -0.2) is 0 Å². The largest absolute Gasteiger partial charge is 0.380 e. The number of benzene rings is 8. The van der Waals surface area contributed by atoms with Crippen LogP contribution in [0.1, 0.15) is 5.69 Å². The summed E-state index contributed by atoms with van der Waals surface area (Å²) < 4.78 is 2.33. The van der Waals surface area contributed by atoms with Gasteiger partial charge in [-0.3, -0.25) is 4.98 Å². The van der Waals surface area contributed by atoms with Crippen LogP contribution < -0.4 is 5.32 Å². The van der Waals surface area contributed by atoms with Crippen molar-refractivity contribution in [1.82, 2.24) is 14.9 Å². The van der Waals surface area contributed by atoms with Crippen LogP contribution in [0.25, 0.3) is 99.2 Å². The molecule has 3 heterocycles. The maximum Gasteiger partial charge on any atom is 0.0868 e. The standard InChI is InChI=1S/C54H37N3/c1-3-13-36(14-4-1)37-22-26-39(27-23-37)53-43-17-7-9-19-45(43)54(46-20-10-8-18-44(46)53)40-28-24-38(25-29-40)41-30-31-51-47(33-41)48-34-50(49-21-11-12-32-55-49)56-35-52(48)57(51)42-15-5-2-6-16-42/h1-31,33-35,55H,32H2. The van der Waals surface area contributed by atoms with E-state index in [1.165, 1.54) is 76.8 Å². The zero-order valence-corrected chi connectivity index (χ0v) is 31.2. The van der Waals surface area contributed by atoms with Gasteiger partial charge in [0.25, 0.3) is 0 Å². The lowest BCUT2D eigenvalue weighted by Crippen LogP contribution is -2.15. The van der Waals surface area contributed by atoms with Crippen molar-refractivity contribution in [2.45, 2.75) is 0 Å². The van der Waals surface area contributed by atoms with Gasteiger partial charge in [-0.15, -0.1) is 0 Å². The molecule has 0 aliphatic carbocycles. The number of rotatable bonds is 6. The predicted octanol–water partition coefficient (Wildman–Crippen LogP) is 13.7. The van der Waals surface area contributed by atoms with Gasteiger partial charge in [0, 0.05) is 23.0 Å². The van der Waals surface area contributed by atoms with Crippen LogP contribution in [0.5, 0.6) is 0 Å². The number of allylic oxidation sites excluding steroid dienone is 2. The highest BCUT2D eigenvalue weighted by atomic mass is 15.0. The zero-order chi connectivity index (χ0) is 37.7. The smallest absolute Gasteiger partial charge is 0.0868 e. The first kappa shape index (κ1) is 32.9. The molecule has 10 aromatic rings. The van der Waals surface area contributed by atoms with Crippen LogP contribution in [0, 0.1) is 0 Å². The van der Waals surface area contributed by atoms with E-state index < -0.39 is 0 Å². The Bertz CT molecular complexity index is 3130. The summed E-state index contributed by atoms with van der Waals surface area (Å²) in [5.74, 6) is 0. The number of pyridine rings is 1. The lowest BCUT2D eigenvalue weighted by atomic mass is 9.85. The SMILES string of the molecule is C1=CCNC(c2cc3c4cc(-c5ccc(-c6c7ccccc7c(-c7ccc(-c8ccccc8)cc7)c7ccccc67)cc5)ccc4n(-c4ccccc4)c3cn2)=C1. The summed E-state index contributed by atoms with van der Waals surface area (Å²) in [6.07, 6.45) is 8.33. The van der Waals surface area contributed by atoms with Crippen molar-refractivity contribution in [3.05, 3.63) is 212 Å². The average Bonchev–Trinajstić information content (AvgIpc) is 3.62. The Morgan fingerprint density at radius 2 is 0.912 bits per heavy atom. The van der Waals surface area contributed by atoms with Gasteiger partial charge in [0.1, 0.15) is 0 Å². The van der Waals surface area contributed by atoms with Crippen LogP contribution in [0.3, 0.4) is 0 Å². The molecule has 57 heavy (non-hydrogen) atoms. The molecular formula is C54H37N3. The molecule has 11 rings (SSSR count). The van der Waals surface area contributed by atoms with E-state index in [2.05, 4.69) is 210 Å². The van der Waals surface area contributed by atoms with Crippen LogP contribution in [0.2, 0.25) is 0 Å². The van der Waals surface area contributed by atoms with Crippen molar-refractivity contribution in [1.29, 1.82) is 0 Å². The molecule has 8 aromatic carbocycles. The lowest BCUT2D eigenvalue weighted by molar-refractivity contribution is 0.982. The van der Waals surface area contributed by atoms with E-state index in [1.54, 1.807) is 0 Å². The molecule has 0 radical (unpaired) electrons. The summed E-state index contributed by atoms with van der Waals surface area (Å²) in [5, 5.41) is 10.9. The molecule has 0 amide bonds. The normalized spacial score (nSPS) is 12.7. The van der Waals surface area contributed by atoms with E-state index in [-0.39, 0.29) is 0 Å². The van der Waals surface area contributed by atoms with Crippen LogP contribution in [-0.4, -0.2) is 16.1 Å². The number of dihydropyridines is 1. The fourth-order valence-electron chi connectivity index (χ4n) is 8.78. The van der Waals surface area contributed by atoms with Crippen molar-refractivity contribution in [2.75, 3.05) is 6.54 Å². The molecule has 0 fully saturated rings. The Labute approximate surface area is 331 Å². The van der Waals surface area contributed by atoms with Crippen molar-refractivity contribution in [3.63, 3.8) is 0 Å². The average molecular weight is 728 g/mol. The van der Waals surface area contributed by atoms with Gasteiger partial charge < -0.3 is 9.88 Å². The Balaban J connectivity index is 1.03. The maximum atomic E-state index is 4.93. The van der Waals surface area contributed by atoms with Crippen LogP contribution in [0.4, 0.5) is 0 Å². The zero-order valence-electron chi connectivity index (χ0n) is 31.2. The minimum absolute atomic E-state index is 0.802. The minimum Gasteiger partial charge on any atom is -0.380 e. The number of nitrogens with one attached hydrogen (secondary N) is 1. The third-order valence-corrected chi connectivity index (χ3v) is 11.5. The van der Waals surface area contributed by atoms with Crippen LogP contribution in [-0.2, 0) is 0 Å². The lowest BCUT2D eigenvalue weighted by Gasteiger charge is -2.18. The van der Waals surface area contributed by atoms with Crippen LogP contribution in [0.15, 0.2) is 206 Å². The molecule has 0 unspecified atom stereocenters. The second kappa shape index (κ2) is 13.7. The number of fused-ring (bicyclic) bond motifs is 5. The second-order valence-corrected chi connectivity index (χ2v) is 14.7. The molecular weight excluding hydrogens is 691 g/mol. The highest BCUT2D eigenvalue weighted by Gasteiger charge is 2.19. The van der Waals surface area contributed by atoms with Gasteiger partial charge in [0.2, 0.25) is 0 Å². The Morgan fingerprint density at radius 3 is 1.49 bits per heavy atom. The topological polar surface area (TPSA) is 29.9 Å². The summed E-state index contributed by atoms with van der Waals surface area (Å²) in [4.78, 5) is 4.93. The quantitative estimate of drug-likeness (QED) is 0.173. The predicted molar refractivity (Wildman–Crippen MR) is 240 cm³/mol. The third kappa shape index (κ3) is 5.63.